The second kappa shape index (κ2) is 8.84. The van der Waals surface area contributed by atoms with Crippen molar-refractivity contribution in [3.8, 4) is 11.5 Å². The Labute approximate surface area is 125 Å². The van der Waals surface area contributed by atoms with E-state index < -0.39 is 0 Å². The fourth-order valence-electron chi connectivity index (χ4n) is 1.79. The van der Waals surface area contributed by atoms with E-state index in [4.69, 9.17) is 25.8 Å². The van der Waals surface area contributed by atoms with E-state index >= 15 is 0 Å². The lowest BCUT2D eigenvalue weighted by Gasteiger charge is -2.11. The van der Waals surface area contributed by atoms with Gasteiger partial charge in [0.15, 0.2) is 11.5 Å². The Morgan fingerprint density at radius 1 is 1.25 bits per heavy atom. The summed E-state index contributed by atoms with van der Waals surface area (Å²) in [4.78, 5) is 0. The lowest BCUT2D eigenvalue weighted by atomic mass is 10.1. The van der Waals surface area contributed by atoms with E-state index in [2.05, 4.69) is 5.32 Å². The zero-order valence-corrected chi connectivity index (χ0v) is 13.2. The van der Waals surface area contributed by atoms with Crippen LogP contribution in [0.2, 0.25) is 5.02 Å². The van der Waals surface area contributed by atoms with E-state index in [1.54, 1.807) is 21.3 Å². The number of ether oxygens (including phenoxy) is 3. The van der Waals surface area contributed by atoms with Crippen molar-refractivity contribution in [3.63, 3.8) is 0 Å². The summed E-state index contributed by atoms with van der Waals surface area (Å²) in [7, 11) is 4.86. The zero-order chi connectivity index (χ0) is 15.0. The molecule has 112 valence electrons. The molecule has 0 aliphatic carbocycles. The van der Waals surface area contributed by atoms with Crippen molar-refractivity contribution in [3.05, 3.63) is 28.3 Å². The predicted octanol–water partition coefficient (Wildman–Crippen LogP) is 3.00. The maximum Gasteiger partial charge on any atom is 0.179 e. The summed E-state index contributed by atoms with van der Waals surface area (Å²) in [5.41, 5.74) is 2.09. The molecule has 0 atom stereocenters. The number of halogens is 1. The minimum absolute atomic E-state index is 0.558. The normalized spacial score (nSPS) is 11.6. The summed E-state index contributed by atoms with van der Waals surface area (Å²) >= 11 is 6.33. The molecule has 20 heavy (non-hydrogen) atoms. The molecule has 4 nitrogen and oxygen atoms in total. The summed E-state index contributed by atoms with van der Waals surface area (Å²) in [6.45, 7) is 4.35. The van der Waals surface area contributed by atoms with E-state index in [-0.39, 0.29) is 0 Å². The second-order valence-corrected chi connectivity index (χ2v) is 4.74. The third kappa shape index (κ3) is 4.71. The molecule has 0 aliphatic rings. The highest BCUT2D eigenvalue weighted by Crippen LogP contribution is 2.38. The van der Waals surface area contributed by atoms with E-state index in [1.165, 1.54) is 5.57 Å². The van der Waals surface area contributed by atoms with Crippen LogP contribution in [-0.4, -0.2) is 41.0 Å². The Hall–Kier alpha value is -1.23. The molecule has 0 radical (unpaired) electrons. The number of rotatable bonds is 8. The first-order valence-electron chi connectivity index (χ1n) is 6.41. The fourth-order valence-corrected chi connectivity index (χ4v) is 2.08. The Kier molecular flexibility index (Phi) is 7.44. The van der Waals surface area contributed by atoms with Crippen LogP contribution in [0.1, 0.15) is 12.5 Å². The lowest BCUT2D eigenvalue weighted by Crippen LogP contribution is -2.20. The third-order valence-corrected chi connectivity index (χ3v) is 3.19. The second-order valence-electron chi connectivity index (χ2n) is 4.36. The number of hydrogen-bond donors (Lipinski definition) is 1. The van der Waals surface area contributed by atoms with Gasteiger partial charge in [0.05, 0.1) is 25.8 Å². The van der Waals surface area contributed by atoms with Crippen LogP contribution < -0.4 is 14.8 Å². The van der Waals surface area contributed by atoms with Gasteiger partial charge in [-0.1, -0.05) is 23.3 Å². The van der Waals surface area contributed by atoms with Crippen LogP contribution in [0, 0.1) is 0 Å². The number of methoxy groups -OCH3 is 3. The van der Waals surface area contributed by atoms with E-state index in [0.29, 0.717) is 23.1 Å². The summed E-state index contributed by atoms with van der Waals surface area (Å²) in [5.74, 6) is 1.19. The summed E-state index contributed by atoms with van der Waals surface area (Å²) in [6, 6.07) is 3.77. The summed E-state index contributed by atoms with van der Waals surface area (Å²) < 4.78 is 15.5. The molecular formula is C15H22ClNO3. The van der Waals surface area contributed by atoms with Crippen molar-refractivity contribution in [2.24, 2.45) is 0 Å². The Morgan fingerprint density at radius 3 is 2.60 bits per heavy atom. The van der Waals surface area contributed by atoms with Gasteiger partial charge in [0, 0.05) is 20.2 Å². The maximum atomic E-state index is 6.33. The smallest absolute Gasteiger partial charge is 0.179 e. The van der Waals surface area contributed by atoms with Gasteiger partial charge in [0.25, 0.3) is 0 Å². The van der Waals surface area contributed by atoms with Crippen LogP contribution in [0.4, 0.5) is 0 Å². The number of hydrogen-bond acceptors (Lipinski definition) is 4. The summed E-state index contributed by atoms with van der Waals surface area (Å²) in [6.07, 6.45) is 2.03. The molecule has 0 spiro atoms. The van der Waals surface area contributed by atoms with E-state index in [0.717, 1.165) is 18.7 Å². The molecule has 5 heteroatoms. The van der Waals surface area contributed by atoms with E-state index in [9.17, 15) is 0 Å². The average molecular weight is 300 g/mol. The topological polar surface area (TPSA) is 39.7 Å². The minimum atomic E-state index is 0.558. The van der Waals surface area contributed by atoms with Crippen molar-refractivity contribution < 1.29 is 14.2 Å². The van der Waals surface area contributed by atoms with Crippen LogP contribution >= 0.6 is 11.6 Å². The molecule has 0 aliphatic heterocycles. The van der Waals surface area contributed by atoms with E-state index in [1.807, 2.05) is 25.1 Å². The van der Waals surface area contributed by atoms with Gasteiger partial charge in [-0.2, -0.15) is 0 Å². The van der Waals surface area contributed by atoms with Crippen molar-refractivity contribution in [2.75, 3.05) is 41.0 Å². The zero-order valence-electron chi connectivity index (χ0n) is 12.5. The molecular weight excluding hydrogens is 278 g/mol. The molecule has 1 aromatic carbocycles. The quantitative estimate of drug-likeness (QED) is 0.749. The Morgan fingerprint density at radius 2 is 2.00 bits per heavy atom. The van der Waals surface area contributed by atoms with Crippen molar-refractivity contribution in [1.82, 2.24) is 5.32 Å². The predicted molar refractivity (Wildman–Crippen MR) is 83.0 cm³/mol. The molecule has 0 saturated heterocycles. The molecule has 0 bridgehead atoms. The molecule has 0 amide bonds. The largest absolute Gasteiger partial charge is 0.493 e. The minimum Gasteiger partial charge on any atom is -0.493 e. The van der Waals surface area contributed by atoms with Gasteiger partial charge in [-0.15, -0.1) is 0 Å². The van der Waals surface area contributed by atoms with Gasteiger partial charge < -0.3 is 19.5 Å². The molecule has 0 unspecified atom stereocenters. The van der Waals surface area contributed by atoms with Gasteiger partial charge in [-0.3, -0.25) is 0 Å². The molecule has 1 N–H and O–H groups in total. The van der Waals surface area contributed by atoms with Crippen LogP contribution in [0.15, 0.2) is 17.7 Å². The third-order valence-electron chi connectivity index (χ3n) is 2.80. The van der Waals surface area contributed by atoms with Crippen molar-refractivity contribution in [2.45, 2.75) is 6.92 Å². The van der Waals surface area contributed by atoms with Crippen LogP contribution in [0.3, 0.4) is 0 Å². The Balaban J connectivity index is 2.81. The van der Waals surface area contributed by atoms with Crippen molar-refractivity contribution in [1.29, 1.82) is 0 Å². The van der Waals surface area contributed by atoms with Crippen LogP contribution in [-0.2, 0) is 4.74 Å². The SMILES string of the molecule is COCCNCC(C)=Cc1ccc(OC)c(OC)c1Cl. The molecule has 1 aromatic rings. The summed E-state index contributed by atoms with van der Waals surface area (Å²) in [5, 5.41) is 3.84. The van der Waals surface area contributed by atoms with Gasteiger partial charge in [0.2, 0.25) is 0 Å². The van der Waals surface area contributed by atoms with Gasteiger partial charge in [0.1, 0.15) is 0 Å². The van der Waals surface area contributed by atoms with Gasteiger partial charge >= 0.3 is 0 Å². The average Bonchev–Trinajstić information content (AvgIpc) is 2.45. The first kappa shape index (κ1) is 16.8. The highest BCUT2D eigenvalue weighted by atomic mass is 35.5. The molecule has 0 saturated carbocycles. The highest BCUT2D eigenvalue weighted by molar-refractivity contribution is 6.33. The van der Waals surface area contributed by atoms with Crippen molar-refractivity contribution >= 4 is 17.7 Å². The molecule has 0 heterocycles. The van der Waals surface area contributed by atoms with Crippen LogP contribution in [0.5, 0.6) is 11.5 Å². The Bertz CT molecular complexity index is 461. The number of benzene rings is 1. The molecule has 0 aromatic heterocycles. The first-order chi connectivity index (χ1) is 9.63. The van der Waals surface area contributed by atoms with Crippen LogP contribution in [0.25, 0.3) is 6.08 Å². The van der Waals surface area contributed by atoms with Gasteiger partial charge in [-0.25, -0.2) is 0 Å². The lowest BCUT2D eigenvalue weighted by molar-refractivity contribution is 0.200. The number of nitrogens with one attached hydrogen (secondary N) is 1. The standard InChI is InChI=1S/C15H22ClNO3/c1-11(10-17-7-8-18-2)9-12-5-6-13(19-3)15(20-4)14(12)16/h5-6,9,17H,7-8,10H2,1-4H3. The highest BCUT2D eigenvalue weighted by Gasteiger charge is 2.11. The first-order valence-corrected chi connectivity index (χ1v) is 6.79. The fraction of sp³-hybridized carbons (Fsp3) is 0.467. The molecule has 0 fully saturated rings. The maximum absolute atomic E-state index is 6.33. The molecule has 1 rings (SSSR count). The monoisotopic (exact) mass is 299 g/mol. The van der Waals surface area contributed by atoms with Gasteiger partial charge in [-0.05, 0) is 24.6 Å².